The van der Waals surface area contributed by atoms with E-state index in [1.165, 1.54) is 30.8 Å². The molecule has 1 heterocycles. The zero-order valence-electron chi connectivity index (χ0n) is 6.95. The highest BCUT2D eigenvalue weighted by molar-refractivity contribution is 7.96. The van der Waals surface area contributed by atoms with E-state index in [0.29, 0.717) is 0 Å². The first-order valence-electron chi connectivity index (χ1n) is 3.60. The predicted molar refractivity (Wildman–Crippen MR) is 36.9 cm³/mol. The molecule has 1 saturated heterocycles. The van der Waals surface area contributed by atoms with Gasteiger partial charge in [0.1, 0.15) is 11.5 Å². The molecule has 0 atom stereocenters. The molecule has 1 rings (SSSR count). The number of halogens is 1. The Balaban J connectivity index is 0.000000217. The zero-order chi connectivity index (χ0) is 9.61. The molecule has 1 aliphatic heterocycles. The lowest BCUT2D eigenvalue weighted by Crippen LogP contribution is -2.68. The van der Waals surface area contributed by atoms with Crippen LogP contribution in [-0.2, 0) is 10.9 Å². The lowest BCUT2D eigenvalue weighted by molar-refractivity contribution is -2.00. The van der Waals surface area contributed by atoms with Gasteiger partial charge in [0.05, 0.1) is 6.26 Å². The van der Waals surface area contributed by atoms with E-state index in [1.54, 1.807) is 0 Å². The summed E-state index contributed by atoms with van der Waals surface area (Å²) in [6.07, 6.45) is 6.88. The Morgan fingerprint density at radius 2 is 1.25 bits per heavy atom. The summed E-state index contributed by atoms with van der Waals surface area (Å²) < 4.78 is 34.0. The Labute approximate surface area is 77.3 Å². The Morgan fingerprint density at radius 3 is 1.42 bits per heavy atom. The van der Waals surface area contributed by atoms with Gasteiger partial charge in [-0.1, -0.05) is 0 Å². The SMILES string of the molecule is C[S+]1CCCCC1.[O-][Cl+3]([O-])([O-])[O-]. The molecule has 0 radical (unpaired) electrons. The quantitative estimate of drug-likeness (QED) is 0.396. The molecule has 0 aromatic rings. The highest BCUT2D eigenvalue weighted by Gasteiger charge is 2.14. The summed E-state index contributed by atoms with van der Waals surface area (Å²) in [6.45, 7) is 0. The molecule has 1 aliphatic rings. The topological polar surface area (TPSA) is 92.2 Å². The van der Waals surface area contributed by atoms with E-state index in [1.807, 2.05) is 0 Å². The van der Waals surface area contributed by atoms with Gasteiger partial charge in [-0.2, -0.15) is 0 Å². The van der Waals surface area contributed by atoms with Crippen LogP contribution in [0.2, 0.25) is 0 Å². The van der Waals surface area contributed by atoms with Crippen molar-refractivity contribution in [2.24, 2.45) is 0 Å². The summed E-state index contributed by atoms with van der Waals surface area (Å²) in [5, 5.41) is 0. The molecule has 0 unspecified atom stereocenters. The molecule has 6 heteroatoms. The Kier molecular flexibility index (Phi) is 6.25. The van der Waals surface area contributed by atoms with Gasteiger partial charge in [-0.05, 0) is 30.2 Å². The summed E-state index contributed by atoms with van der Waals surface area (Å²) in [5.41, 5.74) is 0. The minimum Gasteiger partial charge on any atom is -0.222 e. The molecule has 74 valence electrons. The van der Waals surface area contributed by atoms with Crippen LogP contribution >= 0.6 is 0 Å². The largest absolute Gasteiger partial charge is 0.222 e. The molecule has 12 heavy (non-hydrogen) atoms. The van der Waals surface area contributed by atoms with Crippen LogP contribution in [0.15, 0.2) is 0 Å². The molecule has 0 aromatic heterocycles. The van der Waals surface area contributed by atoms with E-state index in [0.717, 1.165) is 10.9 Å². The third-order valence-electron chi connectivity index (χ3n) is 1.49. The second kappa shape index (κ2) is 6.01. The van der Waals surface area contributed by atoms with Gasteiger partial charge in [0.25, 0.3) is 0 Å². The Morgan fingerprint density at radius 1 is 0.917 bits per heavy atom. The molecule has 4 nitrogen and oxygen atoms in total. The van der Waals surface area contributed by atoms with Gasteiger partial charge in [-0.25, -0.2) is 18.6 Å². The molecule has 0 amide bonds. The highest BCUT2D eigenvalue weighted by Crippen LogP contribution is 2.09. The molecule has 1 fully saturated rings. The van der Waals surface area contributed by atoms with Crippen molar-refractivity contribution in [3.05, 3.63) is 0 Å². The van der Waals surface area contributed by atoms with Gasteiger partial charge in [0, 0.05) is 0 Å². The number of hydrogen-bond acceptors (Lipinski definition) is 4. The lowest BCUT2D eigenvalue weighted by atomic mass is 10.3. The van der Waals surface area contributed by atoms with Crippen molar-refractivity contribution in [1.82, 2.24) is 0 Å². The normalized spacial score (nSPS) is 19.8. The van der Waals surface area contributed by atoms with Crippen LogP contribution in [0.25, 0.3) is 0 Å². The van der Waals surface area contributed by atoms with Crippen molar-refractivity contribution < 1.29 is 28.9 Å². The van der Waals surface area contributed by atoms with Crippen molar-refractivity contribution >= 4 is 10.9 Å². The van der Waals surface area contributed by atoms with Crippen LogP contribution in [0, 0.1) is 10.2 Å². The van der Waals surface area contributed by atoms with E-state index in [2.05, 4.69) is 6.26 Å². The first-order chi connectivity index (χ1) is 5.39. The lowest BCUT2D eigenvalue weighted by Gasteiger charge is -2.17. The van der Waals surface area contributed by atoms with E-state index in [9.17, 15) is 0 Å². The fourth-order valence-electron chi connectivity index (χ4n) is 0.976. The van der Waals surface area contributed by atoms with E-state index in [4.69, 9.17) is 18.6 Å². The fourth-order valence-corrected chi connectivity index (χ4v) is 2.57. The summed E-state index contributed by atoms with van der Waals surface area (Å²) in [7, 11) is -4.13. The average Bonchev–Trinajstić information content (AvgIpc) is 1.85. The summed E-state index contributed by atoms with van der Waals surface area (Å²) in [4.78, 5) is 0. The molecule has 0 aliphatic carbocycles. The van der Waals surface area contributed by atoms with Gasteiger partial charge in [-0.3, -0.25) is 0 Å². The van der Waals surface area contributed by atoms with Gasteiger partial charge in [0.2, 0.25) is 0 Å². The number of rotatable bonds is 0. The van der Waals surface area contributed by atoms with Crippen LogP contribution in [0.4, 0.5) is 0 Å². The van der Waals surface area contributed by atoms with E-state index >= 15 is 0 Å². The Bertz CT molecular complexity index is 105. The summed E-state index contributed by atoms with van der Waals surface area (Å²) in [5.74, 6) is 3.03. The summed E-state index contributed by atoms with van der Waals surface area (Å²) in [6, 6.07) is 0. The maximum atomic E-state index is 8.49. The van der Waals surface area contributed by atoms with Crippen LogP contribution < -0.4 is 18.6 Å². The number of hydrogen-bond donors (Lipinski definition) is 0. The smallest absolute Gasteiger partial charge is 0.107 e. The van der Waals surface area contributed by atoms with Crippen molar-refractivity contribution in [3.8, 4) is 0 Å². The first-order valence-corrected chi connectivity index (χ1v) is 6.81. The monoisotopic (exact) mass is 216 g/mol. The third-order valence-corrected chi connectivity index (χ3v) is 3.46. The Hall–Kier alpha value is 0.480. The van der Waals surface area contributed by atoms with E-state index in [-0.39, 0.29) is 0 Å². The van der Waals surface area contributed by atoms with Crippen LogP contribution in [-0.4, -0.2) is 17.8 Å². The fraction of sp³-hybridized carbons (Fsp3) is 1.00. The molecule has 0 aromatic carbocycles. The minimum absolute atomic E-state index is 0.810. The van der Waals surface area contributed by atoms with E-state index < -0.39 is 10.2 Å². The average molecular weight is 217 g/mol. The van der Waals surface area contributed by atoms with Crippen molar-refractivity contribution in [2.75, 3.05) is 17.8 Å². The van der Waals surface area contributed by atoms with Gasteiger partial charge < -0.3 is 0 Å². The maximum Gasteiger partial charge on any atom is 0.107 e. The molecular weight excluding hydrogens is 204 g/mol. The third kappa shape index (κ3) is 13.1. The molecule has 0 saturated carbocycles. The maximum absolute atomic E-state index is 8.49. The molecule has 0 spiro atoms. The van der Waals surface area contributed by atoms with Gasteiger partial charge >= 0.3 is 0 Å². The van der Waals surface area contributed by atoms with Crippen LogP contribution in [0.1, 0.15) is 19.3 Å². The first kappa shape index (κ1) is 12.5. The summed E-state index contributed by atoms with van der Waals surface area (Å²) >= 11 is 0. The van der Waals surface area contributed by atoms with Crippen molar-refractivity contribution in [3.63, 3.8) is 0 Å². The second-order valence-corrected chi connectivity index (χ2v) is 5.76. The van der Waals surface area contributed by atoms with Gasteiger partial charge in [-0.15, -0.1) is 10.2 Å². The van der Waals surface area contributed by atoms with Crippen molar-refractivity contribution in [1.29, 1.82) is 0 Å². The highest BCUT2D eigenvalue weighted by atomic mass is 35.7. The second-order valence-electron chi connectivity index (χ2n) is 2.63. The molecular formula is C6H13ClO4S. The minimum atomic E-state index is -4.94. The van der Waals surface area contributed by atoms with Gasteiger partial charge in [0.15, 0.2) is 0 Å². The van der Waals surface area contributed by atoms with Crippen LogP contribution in [0.3, 0.4) is 0 Å². The molecule has 0 N–H and O–H groups in total. The van der Waals surface area contributed by atoms with Crippen molar-refractivity contribution in [2.45, 2.75) is 19.3 Å². The predicted octanol–water partition coefficient (Wildman–Crippen LogP) is -3.34. The van der Waals surface area contributed by atoms with Crippen LogP contribution in [0.5, 0.6) is 0 Å². The zero-order valence-corrected chi connectivity index (χ0v) is 8.53. The standard InChI is InChI=1S/C6H13S.ClHO4/c1-7-5-3-2-4-6-7;2-1(3,4)5/h2-6H2,1H3;(H,2,3,4,5)/q+1;/p-1. The molecule has 0 bridgehead atoms.